The molecule has 0 saturated heterocycles. The molecule has 12 nitrogen and oxygen atoms in total. The maximum absolute atomic E-state index is 16.1. The van der Waals surface area contributed by atoms with Crippen LogP contribution in [-0.2, 0) is 32.3 Å². The van der Waals surface area contributed by atoms with Gasteiger partial charge in [-0.2, -0.15) is 4.79 Å². The highest BCUT2D eigenvalue weighted by Crippen LogP contribution is 2.42. The van der Waals surface area contributed by atoms with Crippen molar-refractivity contribution in [1.82, 2.24) is 5.32 Å². The number of nitrogens with zero attached hydrogens (tertiary/aromatic N) is 2. The van der Waals surface area contributed by atoms with Crippen LogP contribution in [0.5, 0.6) is 5.75 Å². The van der Waals surface area contributed by atoms with Crippen molar-refractivity contribution in [3.05, 3.63) is 173 Å². The minimum atomic E-state index is -1.56. The first kappa shape index (κ1) is 41.4. The van der Waals surface area contributed by atoms with Crippen molar-refractivity contribution >= 4 is 30.0 Å². The van der Waals surface area contributed by atoms with Gasteiger partial charge in [-0.15, -0.1) is 4.48 Å². The van der Waals surface area contributed by atoms with Crippen molar-refractivity contribution in [3.63, 3.8) is 0 Å². The Morgan fingerprint density at radius 3 is 1.65 bits per heavy atom. The number of hydrogen-bond donors (Lipinski definition) is 3. The average Bonchev–Trinajstić information content (AvgIpc) is 3.24. The van der Waals surface area contributed by atoms with Crippen molar-refractivity contribution < 1.29 is 37.9 Å². The number of rotatable bonds is 16. The van der Waals surface area contributed by atoms with Gasteiger partial charge in [-0.25, -0.2) is 9.59 Å². The summed E-state index contributed by atoms with van der Waals surface area (Å²) in [6.07, 6.45) is -2.03. The number of quaternary nitrogens is 1. The fourth-order valence-corrected chi connectivity index (χ4v) is 6.87. The van der Waals surface area contributed by atoms with Crippen molar-refractivity contribution in [1.29, 1.82) is 0 Å². The number of guanidine groups is 1. The number of carbonyl (C=O) groups excluding carboxylic acids is 4. The largest absolute Gasteiger partial charge is 0.525 e. The number of alkyl carbamates (subject to hydrolysis) is 1. The molecule has 294 valence electrons. The molecule has 0 aliphatic heterocycles. The second kappa shape index (κ2) is 20.2. The third kappa shape index (κ3) is 10.5. The number of aliphatic imine (C=N–C) groups is 1. The van der Waals surface area contributed by atoms with Gasteiger partial charge in [0.25, 0.3) is 5.91 Å². The lowest BCUT2D eigenvalue weighted by Gasteiger charge is -2.43. The van der Waals surface area contributed by atoms with Gasteiger partial charge in [0.15, 0.2) is 12.0 Å². The summed E-state index contributed by atoms with van der Waals surface area (Å²) in [4.78, 5) is 63.9. The van der Waals surface area contributed by atoms with Gasteiger partial charge in [0.05, 0.1) is 7.11 Å². The first-order valence-corrected chi connectivity index (χ1v) is 18.6. The molecule has 4 amide bonds. The standard InChI is InChI=1S/C45H47N5O7/c1-32(35-25-27-38(55-2)28-26-35)50(45(54)57-31-34-18-9-4-10-19-34,42(52)40(36-20-11-5-12-21-36)37-22-13-6-14-23-37)39(24-15-29-48-43(46)47)41(51)49-44(53)56-30-33-16-7-3-8-17-33/h3-14,16-23,25-28,32,39-40H,15,24,29-31H2,1-2H3,(H4-,46,47,48,49,51,53)/p+1/t32?,39-,50+/m0/s1. The molecule has 12 heteroatoms. The highest BCUT2D eigenvalue weighted by Gasteiger charge is 2.61. The summed E-state index contributed by atoms with van der Waals surface area (Å²) in [7, 11) is 1.53. The monoisotopic (exact) mass is 770 g/mol. The van der Waals surface area contributed by atoms with Crippen molar-refractivity contribution in [2.75, 3.05) is 13.7 Å². The number of benzene rings is 5. The van der Waals surface area contributed by atoms with Crippen molar-refractivity contribution in [3.8, 4) is 5.75 Å². The van der Waals surface area contributed by atoms with Crippen LogP contribution >= 0.6 is 0 Å². The van der Waals surface area contributed by atoms with Gasteiger partial charge in [0.1, 0.15) is 30.9 Å². The van der Waals surface area contributed by atoms with Gasteiger partial charge in [0.2, 0.25) is 0 Å². The van der Waals surface area contributed by atoms with E-state index in [-0.39, 0.29) is 38.6 Å². The van der Waals surface area contributed by atoms with Crippen molar-refractivity contribution in [2.45, 2.75) is 51.0 Å². The van der Waals surface area contributed by atoms with Crippen LogP contribution in [0.1, 0.15) is 59.5 Å². The predicted molar refractivity (Wildman–Crippen MR) is 216 cm³/mol. The van der Waals surface area contributed by atoms with E-state index < -0.39 is 46.5 Å². The molecule has 5 rings (SSSR count). The van der Waals surface area contributed by atoms with Crippen LogP contribution in [0.2, 0.25) is 0 Å². The Balaban J connectivity index is 1.73. The van der Waals surface area contributed by atoms with Gasteiger partial charge in [-0.1, -0.05) is 121 Å². The number of hydrogen-bond acceptors (Lipinski definition) is 8. The van der Waals surface area contributed by atoms with E-state index in [1.165, 1.54) is 7.11 Å². The molecule has 5 aromatic rings. The molecule has 0 aliphatic carbocycles. The molecule has 0 saturated carbocycles. The summed E-state index contributed by atoms with van der Waals surface area (Å²) in [5, 5.41) is 2.35. The Bertz CT molecular complexity index is 2060. The Hall–Kier alpha value is -6.79. The number of nitrogens with one attached hydrogen (secondary N) is 1. The fraction of sp³-hybridized carbons (Fsp3) is 0.222. The summed E-state index contributed by atoms with van der Waals surface area (Å²) in [5.41, 5.74) is 14.3. The first-order valence-electron chi connectivity index (χ1n) is 18.6. The lowest BCUT2D eigenvalue weighted by Crippen LogP contribution is -2.69. The van der Waals surface area contributed by atoms with Crippen LogP contribution in [0, 0.1) is 0 Å². The Labute approximate surface area is 332 Å². The maximum atomic E-state index is 16.1. The zero-order valence-electron chi connectivity index (χ0n) is 32.0. The number of ether oxygens (including phenoxy) is 3. The molecule has 0 aromatic heterocycles. The second-order valence-corrected chi connectivity index (χ2v) is 13.4. The highest BCUT2D eigenvalue weighted by molar-refractivity contribution is 5.98. The van der Waals surface area contributed by atoms with E-state index in [0.29, 0.717) is 33.6 Å². The number of methoxy groups -OCH3 is 1. The number of carbonyl (C=O) groups is 4. The molecular formula is C45H48N5O7+. The normalized spacial score (nSPS) is 13.0. The third-order valence-electron chi connectivity index (χ3n) is 9.76. The Kier molecular flexibility index (Phi) is 14.7. The van der Waals surface area contributed by atoms with Gasteiger partial charge in [-0.3, -0.25) is 15.1 Å². The Morgan fingerprint density at radius 2 is 1.16 bits per heavy atom. The van der Waals surface area contributed by atoms with Gasteiger partial charge in [-0.05, 0) is 59.9 Å². The van der Waals surface area contributed by atoms with Gasteiger partial charge in [0, 0.05) is 18.5 Å². The van der Waals surface area contributed by atoms with Crippen LogP contribution < -0.4 is 21.5 Å². The van der Waals surface area contributed by atoms with E-state index in [0.717, 1.165) is 0 Å². The predicted octanol–water partition coefficient (Wildman–Crippen LogP) is 7.14. The van der Waals surface area contributed by atoms with E-state index >= 15 is 9.59 Å². The molecule has 0 radical (unpaired) electrons. The molecule has 1 unspecified atom stereocenters. The molecule has 57 heavy (non-hydrogen) atoms. The number of amides is 4. The molecule has 5 N–H and O–H groups in total. The lowest BCUT2D eigenvalue weighted by atomic mass is 9.86. The molecular weight excluding hydrogens is 723 g/mol. The summed E-state index contributed by atoms with van der Waals surface area (Å²) in [6.45, 7) is 1.43. The third-order valence-corrected chi connectivity index (χ3v) is 9.76. The van der Waals surface area contributed by atoms with Crippen LogP contribution in [0.15, 0.2) is 151 Å². The molecule has 5 aromatic carbocycles. The maximum Gasteiger partial charge on any atom is 0.525 e. The van der Waals surface area contributed by atoms with Crippen molar-refractivity contribution in [2.24, 2.45) is 16.5 Å². The van der Waals surface area contributed by atoms with Crippen LogP contribution in [0.3, 0.4) is 0 Å². The number of nitrogens with two attached hydrogens (primary N) is 2. The first-order chi connectivity index (χ1) is 27.6. The fourth-order valence-electron chi connectivity index (χ4n) is 6.87. The van der Waals surface area contributed by atoms with E-state index in [1.54, 1.807) is 128 Å². The molecule has 0 fully saturated rings. The van der Waals surface area contributed by atoms with E-state index in [2.05, 4.69) is 10.3 Å². The van der Waals surface area contributed by atoms with Crippen LogP contribution in [0.4, 0.5) is 9.59 Å². The minimum Gasteiger partial charge on any atom is -0.497 e. The lowest BCUT2D eigenvalue weighted by molar-refractivity contribution is -0.831. The topological polar surface area (TPSA) is 172 Å². The minimum absolute atomic E-state index is 0.0650. The second-order valence-electron chi connectivity index (χ2n) is 13.4. The quantitative estimate of drug-likeness (QED) is 0.0408. The highest BCUT2D eigenvalue weighted by atomic mass is 16.6. The molecule has 0 bridgehead atoms. The molecule has 0 spiro atoms. The van der Waals surface area contributed by atoms with Gasteiger partial charge < -0.3 is 25.7 Å². The van der Waals surface area contributed by atoms with Gasteiger partial charge >= 0.3 is 18.1 Å². The zero-order chi connectivity index (χ0) is 40.6. The SMILES string of the molecule is COc1ccc(C(C)[N@+](C(=O)OCc2ccccc2)(C(=O)C(c2ccccc2)c2ccccc2)[C@@H](CCCN=C(N)N)C(=O)NC(=O)OCc2ccccc2)cc1. The average molecular weight is 771 g/mol. The van der Waals surface area contributed by atoms with Crippen LogP contribution in [0.25, 0.3) is 0 Å². The molecule has 0 aliphatic rings. The summed E-state index contributed by atoms with van der Waals surface area (Å²) < 4.78 is 15.8. The van der Waals surface area contributed by atoms with E-state index in [9.17, 15) is 9.59 Å². The summed E-state index contributed by atoms with van der Waals surface area (Å²) >= 11 is 0. The molecule has 0 heterocycles. The zero-order valence-corrected chi connectivity index (χ0v) is 32.0. The smallest absolute Gasteiger partial charge is 0.497 e. The molecule has 3 atom stereocenters. The summed E-state index contributed by atoms with van der Waals surface area (Å²) in [5.74, 6) is -2.28. The Morgan fingerprint density at radius 1 is 0.667 bits per heavy atom. The van der Waals surface area contributed by atoms with E-state index in [4.69, 9.17) is 25.7 Å². The van der Waals surface area contributed by atoms with Crippen LogP contribution in [-0.4, -0.2) is 54.1 Å². The van der Waals surface area contributed by atoms with E-state index in [1.807, 2.05) is 24.3 Å². The summed E-state index contributed by atoms with van der Waals surface area (Å²) in [6, 6.07) is 40.3. The number of imide groups is 2.